The summed E-state index contributed by atoms with van der Waals surface area (Å²) < 4.78 is 0. The molecule has 1 aliphatic rings. The lowest BCUT2D eigenvalue weighted by Gasteiger charge is -2.16. The Morgan fingerprint density at radius 2 is 1.67 bits per heavy atom. The van der Waals surface area contributed by atoms with Gasteiger partial charge in [-0.15, -0.1) is 0 Å². The molecule has 76 valence electrons. The maximum atomic E-state index is 11.6. The van der Waals surface area contributed by atoms with E-state index in [0.717, 1.165) is 0 Å². The standard InChI is InChI=1S/C11H9NO3/c12-5-8-9(13)6-3-1-2-4-7(6)10(14)11(8)15/h1-4,13H,5,12H2. The second kappa shape index (κ2) is 3.33. The summed E-state index contributed by atoms with van der Waals surface area (Å²) in [6.45, 7) is -0.134. The van der Waals surface area contributed by atoms with Crippen LogP contribution >= 0.6 is 0 Å². The molecule has 1 aliphatic carbocycles. The fraction of sp³-hybridized carbons (Fsp3) is 0.0909. The number of carbonyl (C=O) groups excluding carboxylic acids is 2. The van der Waals surface area contributed by atoms with Crippen molar-refractivity contribution in [2.24, 2.45) is 5.73 Å². The van der Waals surface area contributed by atoms with Gasteiger partial charge in [0.15, 0.2) is 0 Å². The Kier molecular flexibility index (Phi) is 2.13. The summed E-state index contributed by atoms with van der Waals surface area (Å²) in [6, 6.07) is 6.43. The van der Waals surface area contributed by atoms with E-state index in [1.165, 1.54) is 6.07 Å². The van der Waals surface area contributed by atoms with Gasteiger partial charge in [-0.2, -0.15) is 0 Å². The molecule has 0 spiro atoms. The molecule has 0 aliphatic heterocycles. The van der Waals surface area contributed by atoms with Gasteiger partial charge in [-0.25, -0.2) is 0 Å². The molecule has 2 rings (SSSR count). The minimum Gasteiger partial charge on any atom is -0.507 e. The fourth-order valence-electron chi connectivity index (χ4n) is 1.61. The highest BCUT2D eigenvalue weighted by atomic mass is 16.3. The van der Waals surface area contributed by atoms with E-state index in [1.54, 1.807) is 18.2 Å². The SMILES string of the molecule is NCC1=C(O)c2ccccc2C(=O)C1=O. The van der Waals surface area contributed by atoms with E-state index in [0.29, 0.717) is 5.56 Å². The number of carbonyl (C=O) groups is 2. The van der Waals surface area contributed by atoms with Crippen LogP contribution in [-0.2, 0) is 4.79 Å². The van der Waals surface area contributed by atoms with Crippen LogP contribution in [0.2, 0.25) is 0 Å². The number of rotatable bonds is 1. The molecule has 0 unspecified atom stereocenters. The van der Waals surface area contributed by atoms with Crippen molar-refractivity contribution in [3.63, 3.8) is 0 Å². The molecule has 0 saturated heterocycles. The normalized spacial score (nSPS) is 15.5. The molecule has 0 aromatic heterocycles. The first-order valence-corrected chi connectivity index (χ1v) is 4.47. The molecule has 1 aromatic rings. The van der Waals surface area contributed by atoms with Crippen molar-refractivity contribution < 1.29 is 14.7 Å². The largest absolute Gasteiger partial charge is 0.507 e. The Hall–Kier alpha value is -1.94. The van der Waals surface area contributed by atoms with Crippen LogP contribution in [0.25, 0.3) is 5.76 Å². The number of hydrogen-bond acceptors (Lipinski definition) is 4. The highest BCUT2D eigenvalue weighted by Crippen LogP contribution is 2.26. The van der Waals surface area contributed by atoms with Crippen LogP contribution < -0.4 is 5.73 Å². The van der Waals surface area contributed by atoms with E-state index in [2.05, 4.69) is 0 Å². The Morgan fingerprint density at radius 1 is 1.07 bits per heavy atom. The molecule has 1 aromatic carbocycles. The molecular formula is C11H9NO3. The quantitative estimate of drug-likeness (QED) is 0.658. The van der Waals surface area contributed by atoms with E-state index in [9.17, 15) is 14.7 Å². The molecular weight excluding hydrogens is 194 g/mol. The molecule has 4 nitrogen and oxygen atoms in total. The Morgan fingerprint density at radius 3 is 2.27 bits per heavy atom. The number of ketones is 2. The summed E-state index contributed by atoms with van der Waals surface area (Å²) in [6.07, 6.45) is 0. The van der Waals surface area contributed by atoms with Gasteiger partial charge >= 0.3 is 0 Å². The Bertz CT molecular complexity index is 488. The number of nitrogens with two attached hydrogens (primary N) is 1. The molecule has 0 amide bonds. The summed E-state index contributed by atoms with van der Waals surface area (Å²) in [5, 5.41) is 9.74. The van der Waals surface area contributed by atoms with Crippen molar-refractivity contribution in [1.29, 1.82) is 0 Å². The molecule has 0 radical (unpaired) electrons. The Labute approximate surface area is 86.0 Å². The zero-order valence-electron chi connectivity index (χ0n) is 7.86. The number of fused-ring (bicyclic) bond motifs is 1. The summed E-state index contributed by atoms with van der Waals surface area (Å²) in [7, 11) is 0. The molecule has 4 heteroatoms. The van der Waals surface area contributed by atoms with Crippen molar-refractivity contribution >= 4 is 17.3 Å². The summed E-state index contributed by atoms with van der Waals surface area (Å²) in [5.41, 5.74) is 5.91. The van der Waals surface area contributed by atoms with Crippen LogP contribution in [0.3, 0.4) is 0 Å². The number of aliphatic hydroxyl groups is 1. The van der Waals surface area contributed by atoms with Gasteiger partial charge in [0.25, 0.3) is 0 Å². The molecule has 0 heterocycles. The zero-order chi connectivity index (χ0) is 11.0. The maximum absolute atomic E-state index is 11.6. The van der Waals surface area contributed by atoms with Crippen molar-refractivity contribution in [1.82, 2.24) is 0 Å². The smallest absolute Gasteiger partial charge is 0.234 e. The van der Waals surface area contributed by atoms with Crippen molar-refractivity contribution in [3.05, 3.63) is 41.0 Å². The first-order valence-electron chi connectivity index (χ1n) is 4.47. The predicted octanol–water partition coefficient (Wildman–Crippen LogP) is 0.680. The third-order valence-corrected chi connectivity index (χ3v) is 2.40. The highest BCUT2D eigenvalue weighted by Gasteiger charge is 2.31. The highest BCUT2D eigenvalue weighted by molar-refractivity contribution is 6.52. The number of aliphatic hydroxyl groups excluding tert-OH is 1. The van der Waals surface area contributed by atoms with Gasteiger partial charge in [0.05, 0.1) is 5.57 Å². The van der Waals surface area contributed by atoms with Gasteiger partial charge in [0.2, 0.25) is 11.6 Å². The lowest BCUT2D eigenvalue weighted by atomic mass is 9.88. The van der Waals surface area contributed by atoms with Crippen LogP contribution in [0.1, 0.15) is 15.9 Å². The number of Topliss-reactive ketones (excluding diaryl/α,β-unsaturated/α-hetero) is 2. The van der Waals surface area contributed by atoms with Gasteiger partial charge in [-0.1, -0.05) is 24.3 Å². The first-order chi connectivity index (χ1) is 7.16. The topological polar surface area (TPSA) is 80.4 Å². The second-order valence-electron chi connectivity index (χ2n) is 3.24. The third kappa shape index (κ3) is 1.27. The zero-order valence-corrected chi connectivity index (χ0v) is 7.86. The summed E-state index contributed by atoms with van der Waals surface area (Å²) in [4.78, 5) is 23.1. The van der Waals surface area contributed by atoms with E-state index in [-0.39, 0.29) is 23.4 Å². The van der Waals surface area contributed by atoms with Gasteiger partial charge in [-0.05, 0) is 0 Å². The van der Waals surface area contributed by atoms with Crippen molar-refractivity contribution in [2.45, 2.75) is 0 Å². The minimum absolute atomic E-state index is 0.0151. The van der Waals surface area contributed by atoms with Crippen LogP contribution in [-0.4, -0.2) is 23.2 Å². The average molecular weight is 203 g/mol. The van der Waals surface area contributed by atoms with Gasteiger partial charge in [-0.3, -0.25) is 9.59 Å². The van der Waals surface area contributed by atoms with E-state index < -0.39 is 11.6 Å². The lowest BCUT2D eigenvalue weighted by molar-refractivity contribution is -0.111. The summed E-state index contributed by atoms with van der Waals surface area (Å²) in [5.74, 6) is -1.50. The van der Waals surface area contributed by atoms with Crippen molar-refractivity contribution in [2.75, 3.05) is 6.54 Å². The second-order valence-corrected chi connectivity index (χ2v) is 3.24. The minimum atomic E-state index is -0.714. The average Bonchev–Trinajstić information content (AvgIpc) is 2.27. The Balaban J connectivity index is 2.74. The monoisotopic (exact) mass is 203 g/mol. The fourth-order valence-corrected chi connectivity index (χ4v) is 1.61. The third-order valence-electron chi connectivity index (χ3n) is 2.40. The van der Waals surface area contributed by atoms with Crippen LogP contribution in [0.15, 0.2) is 29.8 Å². The number of benzene rings is 1. The number of hydrogen-bond donors (Lipinski definition) is 2. The van der Waals surface area contributed by atoms with Gasteiger partial charge in [0, 0.05) is 17.7 Å². The van der Waals surface area contributed by atoms with Crippen LogP contribution in [0.4, 0.5) is 0 Å². The molecule has 0 saturated carbocycles. The van der Waals surface area contributed by atoms with Crippen molar-refractivity contribution in [3.8, 4) is 0 Å². The van der Waals surface area contributed by atoms with E-state index in [4.69, 9.17) is 5.73 Å². The van der Waals surface area contributed by atoms with E-state index in [1.807, 2.05) is 0 Å². The van der Waals surface area contributed by atoms with E-state index >= 15 is 0 Å². The first kappa shape index (κ1) is 9.61. The molecule has 0 fully saturated rings. The van der Waals surface area contributed by atoms with Gasteiger partial charge in [0.1, 0.15) is 5.76 Å². The predicted molar refractivity (Wildman–Crippen MR) is 54.4 cm³/mol. The molecule has 0 bridgehead atoms. The van der Waals surface area contributed by atoms with Gasteiger partial charge < -0.3 is 10.8 Å². The maximum Gasteiger partial charge on any atom is 0.234 e. The molecule has 15 heavy (non-hydrogen) atoms. The van der Waals surface area contributed by atoms with Crippen LogP contribution in [0, 0.1) is 0 Å². The summed E-state index contributed by atoms with van der Waals surface area (Å²) >= 11 is 0. The molecule has 0 atom stereocenters. The van der Waals surface area contributed by atoms with Crippen LogP contribution in [0.5, 0.6) is 0 Å². The lowest BCUT2D eigenvalue weighted by Crippen LogP contribution is -2.27. The molecule has 3 N–H and O–H groups in total.